The fourth-order valence-corrected chi connectivity index (χ4v) is 5.51. The molecule has 1 unspecified atom stereocenters. The molecule has 0 amide bonds. The average molecular weight is 600 g/mol. The summed E-state index contributed by atoms with van der Waals surface area (Å²) in [4.78, 5) is 0. The van der Waals surface area contributed by atoms with Gasteiger partial charge in [0.2, 0.25) is 6.29 Å². The molecule has 0 radical (unpaired) electrons. The van der Waals surface area contributed by atoms with Crippen LogP contribution in [-0.4, -0.2) is 29.7 Å². The zero-order chi connectivity index (χ0) is 31.0. The third-order valence-electron chi connectivity index (χ3n) is 7.76. The number of benzene rings is 5. The monoisotopic (exact) mass is 599 g/mol. The summed E-state index contributed by atoms with van der Waals surface area (Å²) in [6.45, 7) is 3.96. The Labute approximate surface area is 264 Å². The van der Waals surface area contributed by atoms with Gasteiger partial charge in [0.1, 0.15) is 37.1 Å². The van der Waals surface area contributed by atoms with Gasteiger partial charge in [-0.3, -0.25) is 0 Å². The Hall–Kier alpha value is -5.04. The van der Waals surface area contributed by atoms with E-state index >= 15 is 0 Å². The molecule has 45 heavy (non-hydrogen) atoms. The molecule has 0 saturated heterocycles. The maximum Gasteiger partial charge on any atom is 0.221 e. The number of aryl methyl sites for hydroxylation is 1. The van der Waals surface area contributed by atoms with Gasteiger partial charge in [-0.05, 0) is 89.3 Å². The Morgan fingerprint density at radius 2 is 1.22 bits per heavy atom. The van der Waals surface area contributed by atoms with E-state index in [1.54, 1.807) is 0 Å². The standard InChI is InChI=1S/C39H37NO5/c1-28-36-23-35(44-26-31-11-7-4-8-12-31)21-22-37(36)40(24-29-13-17-34(18-14-29)45-38(41)27-42-2)39(28)32-15-19-33(20-16-32)43-25-30-9-5-3-6-10-30/h3-23,38,41H,24-27H2,1-2H3. The lowest BCUT2D eigenvalue weighted by Gasteiger charge is -2.15. The molecule has 0 saturated carbocycles. The molecule has 6 heteroatoms. The number of aliphatic hydroxyl groups excluding tert-OH is 1. The summed E-state index contributed by atoms with van der Waals surface area (Å²) in [7, 11) is 1.53. The first-order valence-electron chi connectivity index (χ1n) is 15.1. The number of aromatic nitrogens is 1. The van der Waals surface area contributed by atoms with Gasteiger partial charge in [-0.25, -0.2) is 0 Å². The highest BCUT2D eigenvalue weighted by atomic mass is 16.6. The molecule has 0 aliphatic heterocycles. The van der Waals surface area contributed by atoms with Crippen LogP contribution in [0.1, 0.15) is 22.3 Å². The van der Waals surface area contributed by atoms with Crippen molar-refractivity contribution < 1.29 is 24.1 Å². The van der Waals surface area contributed by atoms with Crippen LogP contribution in [0.2, 0.25) is 0 Å². The molecular formula is C39H37NO5. The molecule has 1 N–H and O–H groups in total. The van der Waals surface area contributed by atoms with Gasteiger partial charge < -0.3 is 28.6 Å². The van der Waals surface area contributed by atoms with Crippen LogP contribution in [0.4, 0.5) is 0 Å². The predicted octanol–water partition coefficient (Wildman–Crippen LogP) is 8.17. The van der Waals surface area contributed by atoms with Crippen molar-refractivity contribution in [3.8, 4) is 28.5 Å². The second kappa shape index (κ2) is 14.2. The summed E-state index contributed by atoms with van der Waals surface area (Å²) >= 11 is 0. The number of aliphatic hydroxyl groups is 1. The van der Waals surface area contributed by atoms with E-state index in [1.165, 1.54) is 12.7 Å². The molecule has 6 aromatic rings. The van der Waals surface area contributed by atoms with Gasteiger partial charge in [0.05, 0.1) is 5.69 Å². The van der Waals surface area contributed by atoms with Gasteiger partial charge in [-0.2, -0.15) is 0 Å². The van der Waals surface area contributed by atoms with Gasteiger partial charge in [-0.1, -0.05) is 72.8 Å². The molecule has 0 aliphatic carbocycles. The summed E-state index contributed by atoms with van der Waals surface area (Å²) in [5.74, 6) is 2.24. The molecule has 1 aromatic heterocycles. The van der Waals surface area contributed by atoms with E-state index in [9.17, 15) is 5.11 Å². The number of hydrogen-bond acceptors (Lipinski definition) is 5. The lowest BCUT2D eigenvalue weighted by molar-refractivity contribution is -0.0663. The van der Waals surface area contributed by atoms with E-state index in [2.05, 4.69) is 60.0 Å². The Kier molecular flexibility index (Phi) is 9.44. The maximum atomic E-state index is 9.96. The highest BCUT2D eigenvalue weighted by molar-refractivity contribution is 5.92. The van der Waals surface area contributed by atoms with Crippen molar-refractivity contribution in [1.82, 2.24) is 4.57 Å². The smallest absolute Gasteiger partial charge is 0.221 e. The fourth-order valence-electron chi connectivity index (χ4n) is 5.51. The van der Waals surface area contributed by atoms with Gasteiger partial charge in [0.25, 0.3) is 0 Å². The van der Waals surface area contributed by atoms with Crippen LogP contribution in [0.25, 0.3) is 22.2 Å². The summed E-state index contributed by atoms with van der Waals surface area (Å²) in [6.07, 6.45) is -1.01. The Balaban J connectivity index is 1.30. The quantitative estimate of drug-likeness (QED) is 0.136. The minimum atomic E-state index is -1.01. The largest absolute Gasteiger partial charge is 0.489 e. The fraction of sp³-hybridized carbons (Fsp3) is 0.179. The first-order chi connectivity index (χ1) is 22.1. The molecule has 0 bridgehead atoms. The lowest BCUT2D eigenvalue weighted by atomic mass is 10.1. The van der Waals surface area contributed by atoms with Crippen LogP contribution < -0.4 is 14.2 Å². The van der Waals surface area contributed by atoms with Crippen LogP contribution in [0.3, 0.4) is 0 Å². The predicted molar refractivity (Wildman–Crippen MR) is 178 cm³/mol. The van der Waals surface area contributed by atoms with Gasteiger partial charge in [0.15, 0.2) is 0 Å². The van der Waals surface area contributed by atoms with Gasteiger partial charge in [0, 0.05) is 24.6 Å². The lowest BCUT2D eigenvalue weighted by Crippen LogP contribution is -2.21. The number of fused-ring (bicyclic) bond motifs is 1. The van der Waals surface area contributed by atoms with E-state index < -0.39 is 6.29 Å². The SMILES string of the molecule is COCC(O)Oc1ccc(Cn2c(-c3ccc(OCc4ccccc4)cc3)c(C)c3cc(OCc4ccccc4)ccc32)cc1. The summed E-state index contributed by atoms with van der Waals surface area (Å²) in [6, 6.07) is 42.8. The van der Waals surface area contributed by atoms with Crippen molar-refractivity contribution in [2.24, 2.45) is 0 Å². The third-order valence-corrected chi connectivity index (χ3v) is 7.76. The number of methoxy groups -OCH3 is 1. The number of nitrogens with zero attached hydrogens (tertiary/aromatic N) is 1. The number of hydrogen-bond donors (Lipinski definition) is 1. The molecular weight excluding hydrogens is 562 g/mol. The van der Waals surface area contributed by atoms with Crippen LogP contribution in [0.5, 0.6) is 17.2 Å². The molecule has 0 fully saturated rings. The molecule has 1 heterocycles. The van der Waals surface area contributed by atoms with Crippen molar-refractivity contribution in [1.29, 1.82) is 0 Å². The van der Waals surface area contributed by atoms with Gasteiger partial charge in [-0.15, -0.1) is 0 Å². The first kappa shape index (κ1) is 30.0. The van der Waals surface area contributed by atoms with E-state index in [-0.39, 0.29) is 6.61 Å². The van der Waals surface area contributed by atoms with E-state index in [0.29, 0.717) is 25.5 Å². The Bertz CT molecular complexity index is 1810. The maximum absolute atomic E-state index is 9.96. The van der Waals surface area contributed by atoms with Crippen LogP contribution in [0, 0.1) is 6.92 Å². The Morgan fingerprint density at radius 3 is 1.84 bits per heavy atom. The minimum absolute atomic E-state index is 0.104. The normalized spacial score (nSPS) is 11.8. The van der Waals surface area contributed by atoms with Crippen molar-refractivity contribution >= 4 is 10.9 Å². The van der Waals surface area contributed by atoms with Crippen molar-refractivity contribution in [2.45, 2.75) is 33.0 Å². The molecule has 0 spiro atoms. The second-order valence-corrected chi connectivity index (χ2v) is 11.0. The molecule has 6 nitrogen and oxygen atoms in total. The van der Waals surface area contributed by atoms with E-state index in [4.69, 9.17) is 18.9 Å². The second-order valence-electron chi connectivity index (χ2n) is 11.0. The van der Waals surface area contributed by atoms with Crippen LogP contribution in [-0.2, 0) is 24.5 Å². The molecule has 228 valence electrons. The zero-order valence-electron chi connectivity index (χ0n) is 25.6. The minimum Gasteiger partial charge on any atom is -0.489 e. The van der Waals surface area contributed by atoms with Crippen LogP contribution >= 0.6 is 0 Å². The van der Waals surface area contributed by atoms with Crippen molar-refractivity contribution in [2.75, 3.05) is 13.7 Å². The zero-order valence-corrected chi connectivity index (χ0v) is 25.6. The Morgan fingerprint density at radius 1 is 0.644 bits per heavy atom. The summed E-state index contributed by atoms with van der Waals surface area (Å²) in [5, 5.41) is 11.1. The highest BCUT2D eigenvalue weighted by Crippen LogP contribution is 2.37. The van der Waals surface area contributed by atoms with Gasteiger partial charge >= 0.3 is 0 Å². The molecule has 1 atom stereocenters. The topological polar surface area (TPSA) is 62.1 Å². The van der Waals surface area contributed by atoms with E-state index in [1.807, 2.05) is 78.9 Å². The number of rotatable bonds is 13. The first-order valence-corrected chi connectivity index (χ1v) is 15.1. The summed E-state index contributed by atoms with van der Waals surface area (Å²) in [5.41, 5.74) is 7.90. The number of ether oxygens (including phenoxy) is 4. The van der Waals surface area contributed by atoms with Crippen molar-refractivity contribution in [3.05, 3.63) is 150 Å². The molecule has 6 rings (SSSR count). The average Bonchev–Trinajstić information content (AvgIpc) is 3.35. The van der Waals surface area contributed by atoms with E-state index in [0.717, 1.165) is 50.3 Å². The summed E-state index contributed by atoms with van der Waals surface area (Å²) < 4.78 is 25.1. The highest BCUT2D eigenvalue weighted by Gasteiger charge is 2.18. The molecule has 5 aromatic carbocycles. The van der Waals surface area contributed by atoms with Crippen molar-refractivity contribution in [3.63, 3.8) is 0 Å². The van der Waals surface area contributed by atoms with Crippen LogP contribution in [0.15, 0.2) is 127 Å². The molecule has 0 aliphatic rings. The third kappa shape index (κ3) is 7.37.